The smallest absolute Gasteiger partial charge is 0 e. The van der Waals surface area contributed by atoms with E-state index in [9.17, 15) is 4.79 Å². The molecule has 6 rings (SSSR count). The minimum atomic E-state index is 0. The van der Waals surface area contributed by atoms with Crippen LogP contribution in [-0.2, 0) is 70.2 Å². The number of benzene rings is 4. The number of hydrogen-bond acceptors (Lipinski definition) is 9. The van der Waals surface area contributed by atoms with Crippen molar-refractivity contribution in [2.45, 2.75) is 68.2 Å². The van der Waals surface area contributed by atoms with Gasteiger partial charge in [0.25, 0.3) is 0 Å². The van der Waals surface area contributed by atoms with Crippen LogP contribution in [0.5, 0.6) is 11.5 Å². The number of halogens is 5. The molecule has 4 aromatic carbocycles. The van der Waals surface area contributed by atoms with Gasteiger partial charge in [0.1, 0.15) is 41.6 Å². The van der Waals surface area contributed by atoms with Crippen LogP contribution in [-0.4, -0.2) is 38.9 Å². The molecule has 2 heterocycles. The van der Waals surface area contributed by atoms with Gasteiger partial charge in [-0.2, -0.15) is 48.5 Å². The molecule has 0 saturated carbocycles. The van der Waals surface area contributed by atoms with Gasteiger partial charge in [-0.05, 0) is 56.2 Å². The largest absolute Gasteiger partial charge is 0 e. The van der Waals surface area contributed by atoms with Crippen molar-refractivity contribution in [3.63, 3.8) is 0 Å². The van der Waals surface area contributed by atoms with Crippen molar-refractivity contribution in [2.75, 3.05) is 23.8 Å². The summed E-state index contributed by atoms with van der Waals surface area (Å²) >= 11 is 9.54. The third-order valence-corrected chi connectivity index (χ3v) is 6.96. The molecule has 16 heteroatoms. The quantitative estimate of drug-likeness (QED) is 0.0968. The standard InChI is InChI=1S/C20H20N3O2.C17H16N3O.2C2H6.I3.I2.2Y/c1-3-16(24)9-10-25-18-12-14(2)11-17-19(18)20(22-13-21-17)23-15-7-5-4-6-8-15;1-3-21-15-10-12(2)9-14-16(15)17(19-11-18-14)20-13-7-5-4-6-8-13;2*1-2;1-3-2;1-2;;/h4-5,7-8,11-13H,3,9-10H2,1-2H3,(H,21,22,23);4-5,7-11H,3H2,1-2H3,(H,18,19,20);2*1-2H3;;;;/q2*-1;;;-1;;;. The number of carbonyl (C=O) groups excluding carboxylic acids is 1. The fourth-order valence-electron chi connectivity index (χ4n) is 4.82. The maximum Gasteiger partial charge on any atom is 0 e. The van der Waals surface area contributed by atoms with Gasteiger partial charge in [-0.15, -0.1) is 12.1 Å². The fourth-order valence-corrected chi connectivity index (χ4v) is 4.82. The van der Waals surface area contributed by atoms with Crippen molar-refractivity contribution in [2.24, 2.45) is 0 Å². The molecule has 0 aliphatic carbocycles. The summed E-state index contributed by atoms with van der Waals surface area (Å²) in [6, 6.07) is 29.2. The molecule has 0 amide bonds. The predicted octanol–water partition coefficient (Wildman–Crippen LogP) is 10.7. The average Bonchev–Trinajstić information content (AvgIpc) is 3.21. The number of Topliss-reactive ketones (excluding diaryl/α,β-unsaturated/α-hetero) is 1. The topological polar surface area (TPSA) is 111 Å². The average molecular weight is 1490 g/mol. The molecule has 0 aliphatic heterocycles. The summed E-state index contributed by atoms with van der Waals surface area (Å²) in [5.74, 6) is 3.08. The molecule has 0 fully saturated rings. The summed E-state index contributed by atoms with van der Waals surface area (Å²) in [5, 5.41) is 8.29. The maximum atomic E-state index is 11.5. The molecule has 0 saturated heterocycles. The van der Waals surface area contributed by atoms with Crippen molar-refractivity contribution < 1.29 is 92.9 Å². The number of nitrogens with zero attached hydrogens (tertiary/aromatic N) is 4. The van der Waals surface area contributed by atoms with E-state index in [1.807, 2.05) is 128 Å². The van der Waals surface area contributed by atoms with E-state index in [-0.39, 0.29) is 71.2 Å². The Morgan fingerprint density at radius 1 is 0.719 bits per heavy atom. The number of anilines is 4. The fraction of sp³-hybridized carbons (Fsp3) is 0.293. The van der Waals surface area contributed by atoms with E-state index in [0.29, 0.717) is 50.9 Å². The second-order valence-electron chi connectivity index (χ2n) is 10.6. The summed E-state index contributed by atoms with van der Waals surface area (Å²) < 4.78 is 11.7. The molecule has 0 spiro atoms. The summed E-state index contributed by atoms with van der Waals surface area (Å²) in [5.41, 5.74) is 5.64. The van der Waals surface area contributed by atoms with E-state index in [2.05, 4.69) is 117 Å². The number of nitrogens with one attached hydrogen (secondary N) is 2. The summed E-state index contributed by atoms with van der Waals surface area (Å²) in [4.78, 5) is 29.0. The predicted molar refractivity (Wildman–Crippen MR) is 261 cm³/mol. The SMILES string of the molecule is CC.CC.CCC(=O)CCOc1cc(C)cc2ncnc(Nc3c[c-]ccc3)c12.CCOc1cc(C)cc2ncnc(Nc3c[c-]ccc3)c12.II.I[I-]I.[Y].[Y]. The summed E-state index contributed by atoms with van der Waals surface area (Å²) in [6.07, 6.45) is 4.02. The molecule has 2 aromatic heterocycles. The number of ether oxygens (including phenoxy) is 2. The van der Waals surface area contributed by atoms with Crippen LogP contribution in [0, 0.1) is 26.0 Å². The zero-order chi connectivity index (χ0) is 41.0. The van der Waals surface area contributed by atoms with Gasteiger partial charge < -0.3 is 20.1 Å². The Morgan fingerprint density at radius 2 is 1.14 bits per heavy atom. The van der Waals surface area contributed by atoms with Crippen molar-refractivity contribution >= 4 is 125 Å². The summed E-state index contributed by atoms with van der Waals surface area (Å²) in [7, 11) is 0. The Hall–Kier alpha value is 0.288. The van der Waals surface area contributed by atoms with Gasteiger partial charge in [0.2, 0.25) is 0 Å². The van der Waals surface area contributed by atoms with E-state index >= 15 is 0 Å². The van der Waals surface area contributed by atoms with E-state index in [4.69, 9.17) is 9.47 Å². The van der Waals surface area contributed by atoms with Gasteiger partial charge in [0.15, 0.2) is 0 Å². The van der Waals surface area contributed by atoms with Crippen LogP contribution in [0.2, 0.25) is 0 Å². The Balaban J connectivity index is 0. The minimum Gasteiger partial charge on any atom is 0 e. The summed E-state index contributed by atoms with van der Waals surface area (Å²) in [6.45, 7) is 16.8. The van der Waals surface area contributed by atoms with E-state index in [1.54, 1.807) is 6.33 Å². The maximum absolute atomic E-state index is 11.5. The molecule has 2 radical (unpaired) electrons. The number of fused-ring (bicyclic) bond motifs is 2. The zero-order valence-corrected chi connectivity index (χ0v) is 49.9. The number of aromatic nitrogens is 4. The first-order valence-electron chi connectivity index (χ1n) is 17.6. The molecular weight excluding hydrogens is 1440 g/mol. The number of aryl methyl sites for hydroxylation is 2. The van der Waals surface area contributed by atoms with Crippen molar-refractivity contribution in [1.82, 2.24) is 19.9 Å². The van der Waals surface area contributed by atoms with Crippen LogP contribution in [0.4, 0.5) is 23.0 Å². The third kappa shape index (κ3) is 21.8. The van der Waals surface area contributed by atoms with Crippen LogP contribution in [0.1, 0.15) is 65.5 Å². The van der Waals surface area contributed by atoms with Gasteiger partial charge in [0.05, 0.1) is 35.0 Å². The Kier molecular flexibility index (Phi) is 38.4. The Labute approximate surface area is 442 Å². The van der Waals surface area contributed by atoms with Gasteiger partial charge >= 0.3 is 50.5 Å². The van der Waals surface area contributed by atoms with Gasteiger partial charge in [-0.25, -0.2) is 19.9 Å². The van der Waals surface area contributed by atoms with Crippen LogP contribution >= 0.6 is 74.5 Å². The van der Waals surface area contributed by atoms with E-state index in [1.165, 1.54) is 6.33 Å². The number of ketones is 1. The first-order chi connectivity index (χ1) is 26.9. The second kappa shape index (κ2) is 36.9. The molecular formula is C41H48I5N6O3Y2-3. The number of carbonyl (C=O) groups is 1. The van der Waals surface area contributed by atoms with Crippen molar-refractivity contribution in [3.8, 4) is 11.5 Å². The number of hydrogen-bond donors (Lipinski definition) is 2. The molecule has 57 heavy (non-hydrogen) atoms. The van der Waals surface area contributed by atoms with Crippen LogP contribution in [0.3, 0.4) is 0 Å². The molecule has 9 nitrogen and oxygen atoms in total. The molecule has 0 bridgehead atoms. The normalized spacial score (nSPS) is 9.26. The second-order valence-corrected chi connectivity index (χ2v) is 26.8. The van der Waals surface area contributed by atoms with Crippen LogP contribution in [0.25, 0.3) is 21.8 Å². The van der Waals surface area contributed by atoms with E-state index < -0.39 is 0 Å². The Morgan fingerprint density at radius 3 is 1.51 bits per heavy atom. The Bertz CT molecular complexity index is 1970. The number of rotatable bonds is 11. The van der Waals surface area contributed by atoms with Gasteiger partial charge in [-0.1, -0.05) is 46.0 Å². The molecule has 6 aromatic rings. The molecule has 2 N–H and O–H groups in total. The molecule has 0 aliphatic rings. The van der Waals surface area contributed by atoms with Gasteiger partial charge in [-0.3, -0.25) is 4.79 Å². The first-order valence-corrected chi connectivity index (χ1v) is 36.5. The van der Waals surface area contributed by atoms with Crippen molar-refractivity contribution in [1.29, 1.82) is 0 Å². The molecule has 0 unspecified atom stereocenters. The molecule has 0 atom stereocenters. The zero-order valence-electron chi connectivity index (χ0n) is 33.5. The monoisotopic (exact) mass is 1480 g/mol. The van der Waals surface area contributed by atoms with E-state index in [0.717, 1.165) is 55.9 Å². The minimum absolute atomic E-state index is 0. The van der Waals surface area contributed by atoms with Crippen LogP contribution in [0.15, 0.2) is 85.5 Å². The van der Waals surface area contributed by atoms with Gasteiger partial charge in [0, 0.05) is 115 Å². The van der Waals surface area contributed by atoms with Crippen LogP contribution < -0.4 is 33.4 Å². The first kappa shape index (κ1) is 59.4. The van der Waals surface area contributed by atoms with Crippen molar-refractivity contribution in [3.05, 3.63) is 109 Å². The molecule has 304 valence electrons. The third-order valence-electron chi connectivity index (χ3n) is 6.96.